The molecule has 0 bridgehead atoms. The number of aliphatic hydroxyl groups excluding tert-OH is 3. The van der Waals surface area contributed by atoms with Gasteiger partial charge in [0.2, 0.25) is 0 Å². The van der Waals surface area contributed by atoms with Crippen molar-refractivity contribution in [3.63, 3.8) is 0 Å². The molecule has 0 spiro atoms. The molecule has 0 saturated carbocycles. The summed E-state index contributed by atoms with van der Waals surface area (Å²) in [5.41, 5.74) is 7.35. The highest BCUT2D eigenvalue weighted by Crippen LogP contribution is 2.24. The van der Waals surface area contributed by atoms with Crippen molar-refractivity contribution >= 4 is 5.97 Å². The Bertz CT molecular complexity index is 733. The summed E-state index contributed by atoms with van der Waals surface area (Å²) in [7, 11) is 0. The number of hydrogen-bond donors (Lipinski definition) is 5. The van der Waals surface area contributed by atoms with Crippen LogP contribution in [0, 0.1) is 5.92 Å². The van der Waals surface area contributed by atoms with Crippen LogP contribution in [0.15, 0.2) is 24.3 Å². The van der Waals surface area contributed by atoms with Crippen LogP contribution in [0.3, 0.4) is 0 Å². The number of nitrogens with zero attached hydrogens (tertiary/aromatic N) is 1. The fourth-order valence-electron chi connectivity index (χ4n) is 3.90. The molecule has 5 unspecified atom stereocenters. The van der Waals surface area contributed by atoms with Gasteiger partial charge in [0.25, 0.3) is 0 Å². The van der Waals surface area contributed by atoms with Gasteiger partial charge in [0.05, 0.1) is 32.5 Å². The molecule has 6 N–H and O–H groups in total. The molecular formula is C25H42N2O8. The second kappa shape index (κ2) is 15.5. The molecule has 35 heavy (non-hydrogen) atoms. The number of benzene rings is 1. The van der Waals surface area contributed by atoms with E-state index in [2.05, 4.69) is 18.7 Å². The molecule has 1 aromatic carbocycles. The minimum atomic E-state index is -1.68. The van der Waals surface area contributed by atoms with E-state index in [0.717, 1.165) is 37.2 Å². The Morgan fingerprint density at radius 3 is 2.20 bits per heavy atom. The molecule has 0 aliphatic carbocycles. The van der Waals surface area contributed by atoms with Crippen molar-refractivity contribution in [3.8, 4) is 0 Å². The number of ether oxygens (including phenoxy) is 3. The lowest BCUT2D eigenvalue weighted by atomic mass is 9.91. The summed E-state index contributed by atoms with van der Waals surface area (Å²) in [5, 5.41) is 39.3. The van der Waals surface area contributed by atoms with Crippen LogP contribution in [0.1, 0.15) is 31.4 Å². The molecule has 10 nitrogen and oxygen atoms in total. The molecular weight excluding hydrogens is 456 g/mol. The van der Waals surface area contributed by atoms with Gasteiger partial charge in [0, 0.05) is 26.1 Å². The average molecular weight is 499 g/mol. The zero-order valence-corrected chi connectivity index (χ0v) is 20.8. The third kappa shape index (κ3) is 10.1. The SMILES string of the molecule is CC(C)CCN(CCOCCOCCN)Cc1ccc(CC2OC(C(=O)O)C(O)C(O)C2O)cc1. The van der Waals surface area contributed by atoms with Gasteiger partial charge in [-0.05, 0) is 30.0 Å². The molecule has 0 radical (unpaired) electrons. The van der Waals surface area contributed by atoms with Crippen LogP contribution >= 0.6 is 0 Å². The van der Waals surface area contributed by atoms with Crippen LogP contribution in [0.2, 0.25) is 0 Å². The minimum absolute atomic E-state index is 0.214. The van der Waals surface area contributed by atoms with Crippen LogP contribution in [-0.2, 0) is 32.0 Å². The summed E-state index contributed by atoms with van der Waals surface area (Å²) in [6.07, 6.45) is -5.87. The Morgan fingerprint density at radius 2 is 1.60 bits per heavy atom. The minimum Gasteiger partial charge on any atom is -0.479 e. The first kappa shape index (κ1) is 29.6. The van der Waals surface area contributed by atoms with Gasteiger partial charge in [-0.25, -0.2) is 4.79 Å². The number of hydrogen-bond acceptors (Lipinski definition) is 9. The first-order valence-corrected chi connectivity index (χ1v) is 12.3. The maximum atomic E-state index is 11.3. The predicted octanol–water partition coefficient (Wildman–Crippen LogP) is 0.00380. The van der Waals surface area contributed by atoms with Gasteiger partial charge in [-0.2, -0.15) is 0 Å². The highest BCUT2D eigenvalue weighted by atomic mass is 16.6. The number of carboxylic acids is 1. The van der Waals surface area contributed by atoms with Gasteiger partial charge in [-0.15, -0.1) is 0 Å². The maximum absolute atomic E-state index is 11.3. The fraction of sp³-hybridized carbons (Fsp3) is 0.720. The average Bonchev–Trinajstić information content (AvgIpc) is 2.82. The second-order valence-corrected chi connectivity index (χ2v) is 9.40. The summed E-state index contributed by atoms with van der Waals surface area (Å²) in [4.78, 5) is 13.7. The van der Waals surface area contributed by atoms with E-state index in [1.807, 2.05) is 24.3 Å². The first-order valence-electron chi connectivity index (χ1n) is 12.3. The summed E-state index contributed by atoms with van der Waals surface area (Å²) < 4.78 is 16.4. The zero-order chi connectivity index (χ0) is 25.8. The molecule has 200 valence electrons. The van der Waals surface area contributed by atoms with Crippen LogP contribution in [0.5, 0.6) is 0 Å². The number of nitrogens with two attached hydrogens (primary N) is 1. The molecule has 1 aromatic rings. The molecule has 10 heteroatoms. The summed E-state index contributed by atoms with van der Waals surface area (Å²) >= 11 is 0. The van der Waals surface area contributed by atoms with Crippen molar-refractivity contribution < 1.29 is 39.4 Å². The third-order valence-corrected chi connectivity index (χ3v) is 6.03. The van der Waals surface area contributed by atoms with Crippen molar-refractivity contribution in [2.75, 3.05) is 46.1 Å². The molecule has 1 aliphatic heterocycles. The lowest BCUT2D eigenvalue weighted by Gasteiger charge is -2.39. The van der Waals surface area contributed by atoms with Crippen LogP contribution in [0.4, 0.5) is 0 Å². The smallest absolute Gasteiger partial charge is 0.335 e. The second-order valence-electron chi connectivity index (χ2n) is 9.40. The van der Waals surface area contributed by atoms with Gasteiger partial charge >= 0.3 is 5.97 Å². The molecule has 5 atom stereocenters. The lowest BCUT2D eigenvalue weighted by molar-refractivity contribution is -0.227. The number of rotatable bonds is 16. The largest absolute Gasteiger partial charge is 0.479 e. The zero-order valence-electron chi connectivity index (χ0n) is 20.8. The van der Waals surface area contributed by atoms with Gasteiger partial charge in [0.1, 0.15) is 18.3 Å². The molecule has 2 rings (SSSR count). The Labute approximate surface area is 207 Å². The molecule has 1 saturated heterocycles. The quantitative estimate of drug-likeness (QED) is 0.197. The third-order valence-electron chi connectivity index (χ3n) is 6.03. The van der Waals surface area contributed by atoms with Gasteiger partial charge in [-0.1, -0.05) is 38.1 Å². The van der Waals surface area contributed by atoms with Crippen molar-refractivity contribution in [2.45, 2.75) is 63.8 Å². The predicted molar refractivity (Wildman–Crippen MR) is 130 cm³/mol. The summed E-state index contributed by atoms with van der Waals surface area (Å²) in [5.74, 6) is -0.784. The Kier molecular flexibility index (Phi) is 13.1. The molecule has 1 aliphatic rings. The van der Waals surface area contributed by atoms with E-state index in [9.17, 15) is 25.2 Å². The van der Waals surface area contributed by atoms with E-state index in [4.69, 9.17) is 19.9 Å². The molecule has 1 fully saturated rings. The van der Waals surface area contributed by atoms with Crippen molar-refractivity contribution in [2.24, 2.45) is 11.7 Å². The number of aliphatic hydroxyl groups is 3. The number of aliphatic carboxylic acids is 1. The van der Waals surface area contributed by atoms with Crippen LogP contribution < -0.4 is 5.73 Å². The van der Waals surface area contributed by atoms with E-state index in [0.29, 0.717) is 38.9 Å². The van der Waals surface area contributed by atoms with Crippen LogP contribution in [-0.4, -0.2) is 108 Å². The standard InChI is InChI=1S/C25H42N2O8/c1-17(2)7-9-27(10-12-34-14-13-33-11-8-26)16-19-5-3-18(4-6-19)15-20-21(28)22(29)23(30)24(35-20)25(31)32/h3-6,17,20-24,28-30H,7-16,26H2,1-2H3,(H,31,32). The maximum Gasteiger partial charge on any atom is 0.335 e. The number of carboxylic acid groups (broad SMARTS) is 1. The topological polar surface area (TPSA) is 155 Å². The Morgan fingerprint density at radius 1 is 0.971 bits per heavy atom. The van der Waals surface area contributed by atoms with Gasteiger partial charge in [0.15, 0.2) is 6.10 Å². The highest BCUT2D eigenvalue weighted by Gasteiger charge is 2.46. The molecule has 0 aromatic heterocycles. The summed E-state index contributed by atoms with van der Waals surface area (Å²) in [6, 6.07) is 7.80. The normalized spacial score (nSPS) is 24.9. The molecule has 0 amide bonds. The lowest BCUT2D eigenvalue weighted by Crippen LogP contribution is -2.60. The van der Waals surface area contributed by atoms with Crippen LogP contribution in [0.25, 0.3) is 0 Å². The Balaban J connectivity index is 1.90. The van der Waals surface area contributed by atoms with Crippen molar-refractivity contribution in [1.82, 2.24) is 4.90 Å². The van der Waals surface area contributed by atoms with E-state index < -0.39 is 36.5 Å². The van der Waals surface area contributed by atoms with E-state index in [-0.39, 0.29) is 6.42 Å². The van der Waals surface area contributed by atoms with E-state index in [1.165, 1.54) is 0 Å². The van der Waals surface area contributed by atoms with Crippen molar-refractivity contribution in [3.05, 3.63) is 35.4 Å². The van der Waals surface area contributed by atoms with Crippen molar-refractivity contribution in [1.29, 1.82) is 0 Å². The fourth-order valence-corrected chi connectivity index (χ4v) is 3.90. The Hall–Kier alpha value is -1.63. The van der Waals surface area contributed by atoms with Gasteiger partial charge in [-0.3, -0.25) is 4.90 Å². The van der Waals surface area contributed by atoms with E-state index >= 15 is 0 Å². The first-order chi connectivity index (χ1) is 16.7. The monoisotopic (exact) mass is 498 g/mol. The summed E-state index contributed by atoms with van der Waals surface area (Å²) in [6.45, 7) is 9.62. The highest BCUT2D eigenvalue weighted by molar-refractivity contribution is 5.73. The van der Waals surface area contributed by atoms with E-state index in [1.54, 1.807) is 0 Å². The van der Waals surface area contributed by atoms with Gasteiger partial charge < -0.3 is 40.4 Å². The number of carbonyl (C=O) groups is 1. The molecule has 1 heterocycles.